The SMILES string of the molecule is C[C@]1(O)C[C@@]2(O)[C@H](C[C@H]1O)C(=O)c1c(O)ccc(O)c1[C@@H]2O. The zero-order valence-corrected chi connectivity index (χ0v) is 11.9. The largest absolute Gasteiger partial charge is 0.508 e. The zero-order valence-electron chi connectivity index (χ0n) is 11.9. The number of carbonyl (C=O) groups is 1. The minimum Gasteiger partial charge on any atom is -0.508 e. The molecule has 22 heavy (non-hydrogen) atoms. The molecule has 3 rings (SSSR count). The number of hydrogen-bond acceptors (Lipinski definition) is 7. The normalized spacial score (nSPS) is 41.0. The van der Waals surface area contributed by atoms with Crippen LogP contribution in [0.3, 0.4) is 0 Å². The molecule has 5 atom stereocenters. The van der Waals surface area contributed by atoms with E-state index in [9.17, 15) is 35.4 Å². The Morgan fingerprint density at radius 1 is 1.14 bits per heavy atom. The molecule has 0 spiro atoms. The molecule has 0 amide bonds. The number of phenolic OH excluding ortho intramolecular Hbond substituents is 2. The lowest BCUT2D eigenvalue weighted by Crippen LogP contribution is -2.62. The fourth-order valence-corrected chi connectivity index (χ4v) is 3.67. The van der Waals surface area contributed by atoms with Crippen molar-refractivity contribution in [3.8, 4) is 11.5 Å². The Morgan fingerprint density at radius 3 is 2.36 bits per heavy atom. The van der Waals surface area contributed by atoms with Crippen molar-refractivity contribution >= 4 is 5.78 Å². The van der Waals surface area contributed by atoms with Crippen molar-refractivity contribution < 1.29 is 35.4 Å². The molecule has 0 heterocycles. The number of benzene rings is 1. The van der Waals surface area contributed by atoms with Gasteiger partial charge in [0, 0.05) is 12.0 Å². The summed E-state index contributed by atoms with van der Waals surface area (Å²) in [5, 5.41) is 61.2. The van der Waals surface area contributed by atoms with E-state index in [0.29, 0.717) is 0 Å². The third-order valence-electron chi connectivity index (χ3n) is 4.93. The number of carbonyl (C=O) groups excluding carboxylic acids is 1. The molecule has 7 nitrogen and oxygen atoms in total. The first kappa shape index (κ1) is 15.2. The van der Waals surface area contributed by atoms with Crippen LogP contribution in [0.2, 0.25) is 0 Å². The highest BCUT2D eigenvalue weighted by Gasteiger charge is 2.61. The highest BCUT2D eigenvalue weighted by molar-refractivity contribution is 6.04. The first-order chi connectivity index (χ1) is 10.1. The molecule has 0 unspecified atom stereocenters. The number of Topliss-reactive ketones (excluding diaryl/α,β-unsaturated/α-hetero) is 1. The molecule has 120 valence electrons. The summed E-state index contributed by atoms with van der Waals surface area (Å²) in [6.45, 7) is 1.31. The molecule has 0 aliphatic heterocycles. The molecule has 2 aliphatic rings. The summed E-state index contributed by atoms with van der Waals surface area (Å²) in [4.78, 5) is 12.6. The lowest BCUT2D eigenvalue weighted by molar-refractivity contribution is -0.208. The van der Waals surface area contributed by atoms with Gasteiger partial charge in [0.1, 0.15) is 23.2 Å². The average Bonchev–Trinajstić information content (AvgIpc) is 2.42. The topological polar surface area (TPSA) is 138 Å². The van der Waals surface area contributed by atoms with E-state index in [-0.39, 0.29) is 17.5 Å². The van der Waals surface area contributed by atoms with Gasteiger partial charge in [-0.2, -0.15) is 0 Å². The molecule has 1 saturated carbocycles. The molecule has 0 saturated heterocycles. The van der Waals surface area contributed by atoms with Crippen molar-refractivity contribution in [1.29, 1.82) is 0 Å². The number of phenols is 2. The molecule has 1 fully saturated rings. The summed E-state index contributed by atoms with van der Waals surface area (Å²) < 4.78 is 0. The van der Waals surface area contributed by atoms with Crippen LogP contribution in [0.25, 0.3) is 0 Å². The van der Waals surface area contributed by atoms with Gasteiger partial charge >= 0.3 is 0 Å². The second kappa shape index (κ2) is 4.42. The molecule has 1 aromatic rings. The Bertz CT molecular complexity index is 654. The summed E-state index contributed by atoms with van der Waals surface area (Å²) in [7, 11) is 0. The van der Waals surface area contributed by atoms with Crippen LogP contribution >= 0.6 is 0 Å². The quantitative estimate of drug-likeness (QED) is 0.358. The van der Waals surface area contributed by atoms with E-state index in [1.165, 1.54) is 6.92 Å². The third-order valence-corrected chi connectivity index (χ3v) is 4.93. The first-order valence-electron chi connectivity index (χ1n) is 6.99. The van der Waals surface area contributed by atoms with E-state index >= 15 is 0 Å². The fourth-order valence-electron chi connectivity index (χ4n) is 3.67. The number of aliphatic hydroxyl groups excluding tert-OH is 2. The Labute approximate surface area is 126 Å². The van der Waals surface area contributed by atoms with Crippen LogP contribution in [0.15, 0.2) is 12.1 Å². The van der Waals surface area contributed by atoms with Gasteiger partial charge in [0.25, 0.3) is 0 Å². The van der Waals surface area contributed by atoms with Crippen molar-refractivity contribution in [1.82, 2.24) is 0 Å². The summed E-state index contributed by atoms with van der Waals surface area (Å²) >= 11 is 0. The summed E-state index contributed by atoms with van der Waals surface area (Å²) in [6.07, 6.45) is -3.62. The van der Waals surface area contributed by atoms with Crippen molar-refractivity contribution in [2.24, 2.45) is 5.92 Å². The minimum atomic E-state index is -2.03. The summed E-state index contributed by atoms with van der Waals surface area (Å²) in [5.74, 6) is -2.69. The number of aliphatic hydroxyl groups is 4. The van der Waals surface area contributed by atoms with Crippen molar-refractivity contribution in [3.63, 3.8) is 0 Å². The van der Waals surface area contributed by atoms with Gasteiger partial charge in [-0.3, -0.25) is 4.79 Å². The van der Waals surface area contributed by atoms with Gasteiger partial charge in [0.05, 0.1) is 23.2 Å². The van der Waals surface area contributed by atoms with Crippen LogP contribution < -0.4 is 0 Å². The van der Waals surface area contributed by atoms with Crippen LogP contribution in [0.5, 0.6) is 11.5 Å². The second-order valence-corrected chi connectivity index (χ2v) is 6.49. The van der Waals surface area contributed by atoms with Crippen LogP contribution in [0.1, 0.15) is 41.8 Å². The predicted octanol–water partition coefficient (Wildman–Crippen LogP) is -0.419. The maximum absolute atomic E-state index is 12.6. The molecular weight excluding hydrogens is 292 g/mol. The van der Waals surface area contributed by atoms with Crippen molar-refractivity contribution in [2.45, 2.75) is 43.2 Å². The Morgan fingerprint density at radius 2 is 1.73 bits per heavy atom. The van der Waals surface area contributed by atoms with Gasteiger partial charge in [0.2, 0.25) is 0 Å². The maximum Gasteiger partial charge on any atom is 0.173 e. The van der Waals surface area contributed by atoms with Gasteiger partial charge in [-0.05, 0) is 25.5 Å². The lowest BCUT2D eigenvalue weighted by Gasteiger charge is -2.52. The van der Waals surface area contributed by atoms with Crippen LogP contribution in [0, 0.1) is 5.92 Å². The number of hydrogen-bond donors (Lipinski definition) is 6. The first-order valence-corrected chi connectivity index (χ1v) is 6.99. The monoisotopic (exact) mass is 310 g/mol. The van der Waals surface area contributed by atoms with E-state index in [0.717, 1.165) is 12.1 Å². The summed E-state index contributed by atoms with van der Waals surface area (Å²) in [6, 6.07) is 2.24. The van der Waals surface area contributed by atoms with Gasteiger partial charge in [-0.1, -0.05) is 0 Å². The van der Waals surface area contributed by atoms with Gasteiger partial charge < -0.3 is 30.6 Å². The Hall–Kier alpha value is -1.67. The minimum absolute atomic E-state index is 0.254. The molecular formula is C15H18O7. The van der Waals surface area contributed by atoms with Gasteiger partial charge in [0.15, 0.2) is 5.78 Å². The highest BCUT2D eigenvalue weighted by Crippen LogP contribution is 2.54. The van der Waals surface area contributed by atoms with E-state index in [2.05, 4.69) is 0 Å². The van der Waals surface area contributed by atoms with Crippen LogP contribution in [-0.2, 0) is 0 Å². The van der Waals surface area contributed by atoms with Gasteiger partial charge in [-0.15, -0.1) is 0 Å². The Kier molecular flexibility index (Phi) is 3.06. The predicted molar refractivity (Wildman–Crippen MR) is 73.4 cm³/mol. The number of fused-ring (bicyclic) bond motifs is 2. The second-order valence-electron chi connectivity index (χ2n) is 6.49. The van der Waals surface area contributed by atoms with Crippen molar-refractivity contribution in [3.05, 3.63) is 23.3 Å². The standard InChI is InChI=1S/C15H18O7/c1-14(21)5-15(22)6(4-9(14)18)12(19)10-7(16)2-3-8(17)11(10)13(15)20/h2-3,6,9,13,16-18,20-22H,4-5H2,1H3/t6-,9-,13+,14+,15-/m1/s1. The molecule has 0 radical (unpaired) electrons. The number of rotatable bonds is 0. The van der Waals surface area contributed by atoms with Crippen LogP contribution in [0.4, 0.5) is 0 Å². The number of aromatic hydroxyl groups is 2. The molecule has 1 aromatic carbocycles. The summed E-state index contributed by atoms with van der Waals surface area (Å²) in [5.41, 5.74) is -4.22. The maximum atomic E-state index is 12.6. The third kappa shape index (κ3) is 1.80. The smallest absolute Gasteiger partial charge is 0.173 e. The number of ketones is 1. The fraction of sp³-hybridized carbons (Fsp3) is 0.533. The van der Waals surface area contributed by atoms with E-state index in [1.54, 1.807) is 0 Å². The van der Waals surface area contributed by atoms with E-state index in [4.69, 9.17) is 0 Å². The van der Waals surface area contributed by atoms with Crippen LogP contribution in [-0.4, -0.2) is 53.7 Å². The molecule has 6 N–H and O–H groups in total. The Balaban J connectivity index is 2.22. The highest BCUT2D eigenvalue weighted by atomic mass is 16.4. The van der Waals surface area contributed by atoms with E-state index in [1.807, 2.05) is 0 Å². The average molecular weight is 310 g/mol. The van der Waals surface area contributed by atoms with Crippen molar-refractivity contribution in [2.75, 3.05) is 0 Å². The van der Waals surface area contributed by atoms with Gasteiger partial charge in [-0.25, -0.2) is 0 Å². The molecule has 2 aliphatic carbocycles. The van der Waals surface area contributed by atoms with E-state index < -0.39 is 53.0 Å². The molecule has 7 heteroatoms. The lowest BCUT2D eigenvalue weighted by atomic mass is 9.59. The molecule has 0 aromatic heterocycles. The zero-order chi connectivity index (χ0) is 16.4. The molecule has 0 bridgehead atoms.